The lowest BCUT2D eigenvalue weighted by Crippen LogP contribution is -2.57. The van der Waals surface area contributed by atoms with Gasteiger partial charge in [-0.3, -0.25) is 4.90 Å². The monoisotopic (exact) mass is 194 g/mol. The van der Waals surface area contributed by atoms with Crippen LogP contribution in [0.15, 0.2) is 12.5 Å². The molecular weight excluding hydrogens is 176 g/mol. The zero-order chi connectivity index (χ0) is 10.0. The minimum Gasteiger partial charge on any atom is -0.347 e. The van der Waals surface area contributed by atoms with Crippen molar-refractivity contribution in [3.05, 3.63) is 18.2 Å². The third-order valence-corrected chi connectivity index (χ3v) is 2.89. The highest BCUT2D eigenvalue weighted by Gasteiger charge is 2.29. The molecule has 78 valence electrons. The fraction of sp³-hybridized carbons (Fsp3) is 0.700. The van der Waals surface area contributed by atoms with Gasteiger partial charge in [0.1, 0.15) is 0 Å². The number of H-pyrrole nitrogens is 1. The lowest BCUT2D eigenvalue weighted by molar-refractivity contribution is 0.0815. The van der Waals surface area contributed by atoms with Gasteiger partial charge in [-0.1, -0.05) is 0 Å². The first-order valence-electron chi connectivity index (χ1n) is 5.11. The van der Waals surface area contributed by atoms with Crippen LogP contribution in [-0.2, 0) is 6.54 Å². The van der Waals surface area contributed by atoms with Gasteiger partial charge < -0.3 is 10.3 Å². The Labute approximate surface area is 84.7 Å². The highest BCUT2D eigenvalue weighted by atomic mass is 15.3. The van der Waals surface area contributed by atoms with Crippen molar-refractivity contribution in [3.63, 3.8) is 0 Å². The summed E-state index contributed by atoms with van der Waals surface area (Å²) in [6, 6.07) is 0. The molecule has 1 fully saturated rings. The van der Waals surface area contributed by atoms with Crippen molar-refractivity contribution in [2.24, 2.45) is 0 Å². The maximum atomic E-state index is 4.04. The SMILES string of the molecule is CC1(C)CNCCN1Cc1cnc[nH]1. The largest absolute Gasteiger partial charge is 0.347 e. The topological polar surface area (TPSA) is 44.0 Å². The summed E-state index contributed by atoms with van der Waals surface area (Å²) in [5, 5.41) is 3.42. The number of aromatic nitrogens is 2. The van der Waals surface area contributed by atoms with Crippen LogP contribution in [0.4, 0.5) is 0 Å². The van der Waals surface area contributed by atoms with Crippen molar-refractivity contribution in [3.8, 4) is 0 Å². The lowest BCUT2D eigenvalue weighted by atomic mass is 10.00. The van der Waals surface area contributed by atoms with Crippen molar-refractivity contribution < 1.29 is 0 Å². The number of nitrogens with zero attached hydrogens (tertiary/aromatic N) is 2. The zero-order valence-electron chi connectivity index (χ0n) is 8.88. The Morgan fingerprint density at radius 1 is 1.57 bits per heavy atom. The highest BCUT2D eigenvalue weighted by Crippen LogP contribution is 2.18. The maximum absolute atomic E-state index is 4.04. The molecule has 2 heterocycles. The van der Waals surface area contributed by atoms with Gasteiger partial charge in [0.15, 0.2) is 0 Å². The van der Waals surface area contributed by atoms with E-state index in [9.17, 15) is 0 Å². The Hall–Kier alpha value is -0.870. The van der Waals surface area contributed by atoms with E-state index < -0.39 is 0 Å². The van der Waals surface area contributed by atoms with Gasteiger partial charge in [-0.05, 0) is 13.8 Å². The van der Waals surface area contributed by atoms with Crippen LogP contribution in [0.3, 0.4) is 0 Å². The zero-order valence-corrected chi connectivity index (χ0v) is 8.88. The second kappa shape index (κ2) is 3.71. The van der Waals surface area contributed by atoms with E-state index in [0.29, 0.717) is 0 Å². The maximum Gasteiger partial charge on any atom is 0.0922 e. The number of piperazine rings is 1. The fourth-order valence-electron chi connectivity index (χ4n) is 1.89. The third kappa shape index (κ3) is 1.96. The summed E-state index contributed by atoms with van der Waals surface area (Å²) in [5.41, 5.74) is 1.43. The molecule has 1 saturated heterocycles. The molecule has 1 aromatic rings. The molecule has 0 aromatic carbocycles. The van der Waals surface area contributed by atoms with Crippen molar-refractivity contribution in [2.75, 3.05) is 19.6 Å². The number of nitrogens with one attached hydrogen (secondary N) is 2. The van der Waals surface area contributed by atoms with Crippen LogP contribution in [0.1, 0.15) is 19.5 Å². The minimum absolute atomic E-state index is 0.239. The number of aromatic amines is 1. The summed E-state index contributed by atoms with van der Waals surface area (Å²) in [5.74, 6) is 0. The van der Waals surface area contributed by atoms with E-state index in [0.717, 1.165) is 26.2 Å². The van der Waals surface area contributed by atoms with Gasteiger partial charge in [0.05, 0.1) is 6.33 Å². The quantitative estimate of drug-likeness (QED) is 0.724. The molecule has 0 bridgehead atoms. The molecule has 1 aromatic heterocycles. The summed E-state index contributed by atoms with van der Waals surface area (Å²) in [6.45, 7) is 8.75. The Balaban J connectivity index is 2.02. The van der Waals surface area contributed by atoms with Gasteiger partial charge in [-0.2, -0.15) is 0 Å². The molecule has 0 unspecified atom stereocenters. The molecule has 0 aliphatic carbocycles. The normalized spacial score (nSPS) is 22.4. The van der Waals surface area contributed by atoms with Gasteiger partial charge >= 0.3 is 0 Å². The van der Waals surface area contributed by atoms with Crippen molar-refractivity contribution >= 4 is 0 Å². The first-order valence-corrected chi connectivity index (χ1v) is 5.11. The second-order valence-electron chi connectivity index (χ2n) is 4.49. The minimum atomic E-state index is 0.239. The molecule has 0 amide bonds. The van der Waals surface area contributed by atoms with Crippen LogP contribution < -0.4 is 5.32 Å². The molecule has 0 spiro atoms. The summed E-state index contributed by atoms with van der Waals surface area (Å²) in [4.78, 5) is 9.67. The number of rotatable bonds is 2. The van der Waals surface area contributed by atoms with Crippen LogP contribution in [-0.4, -0.2) is 40.0 Å². The Morgan fingerprint density at radius 2 is 2.43 bits per heavy atom. The van der Waals surface area contributed by atoms with Crippen LogP contribution in [0.2, 0.25) is 0 Å². The summed E-state index contributed by atoms with van der Waals surface area (Å²) in [6.07, 6.45) is 3.64. The van der Waals surface area contributed by atoms with Crippen molar-refractivity contribution in [1.82, 2.24) is 20.2 Å². The fourth-order valence-corrected chi connectivity index (χ4v) is 1.89. The van der Waals surface area contributed by atoms with Gasteiger partial charge in [-0.25, -0.2) is 4.98 Å². The van der Waals surface area contributed by atoms with Crippen LogP contribution >= 0.6 is 0 Å². The molecule has 14 heavy (non-hydrogen) atoms. The van der Waals surface area contributed by atoms with Gasteiger partial charge in [0.25, 0.3) is 0 Å². The molecule has 0 atom stereocenters. The van der Waals surface area contributed by atoms with E-state index in [1.807, 2.05) is 6.20 Å². The molecular formula is C10H18N4. The van der Waals surface area contributed by atoms with Gasteiger partial charge in [-0.15, -0.1) is 0 Å². The Kier molecular flexibility index (Phi) is 2.56. The predicted molar refractivity (Wildman–Crippen MR) is 55.9 cm³/mol. The number of hydrogen-bond donors (Lipinski definition) is 2. The van der Waals surface area contributed by atoms with Crippen molar-refractivity contribution in [1.29, 1.82) is 0 Å². The van der Waals surface area contributed by atoms with Crippen LogP contribution in [0.5, 0.6) is 0 Å². The molecule has 2 N–H and O–H groups in total. The standard InChI is InChI=1S/C10H18N4/c1-10(2)7-11-3-4-14(10)6-9-5-12-8-13-9/h5,8,11H,3-4,6-7H2,1-2H3,(H,12,13). The molecule has 4 heteroatoms. The predicted octanol–water partition coefficient (Wildman–Crippen LogP) is 0.593. The highest BCUT2D eigenvalue weighted by molar-refractivity contribution is 4.98. The smallest absolute Gasteiger partial charge is 0.0922 e. The van der Waals surface area contributed by atoms with E-state index >= 15 is 0 Å². The molecule has 4 nitrogen and oxygen atoms in total. The van der Waals surface area contributed by atoms with E-state index in [4.69, 9.17) is 0 Å². The summed E-state index contributed by atoms with van der Waals surface area (Å²) >= 11 is 0. The third-order valence-electron chi connectivity index (χ3n) is 2.89. The van der Waals surface area contributed by atoms with Gasteiger partial charge in [0.2, 0.25) is 0 Å². The first kappa shape index (κ1) is 9.68. The molecule has 0 radical (unpaired) electrons. The molecule has 2 rings (SSSR count). The second-order valence-corrected chi connectivity index (χ2v) is 4.49. The average Bonchev–Trinajstić information content (AvgIpc) is 2.61. The van der Waals surface area contributed by atoms with E-state index in [2.05, 4.69) is 34.0 Å². The van der Waals surface area contributed by atoms with Crippen LogP contribution in [0, 0.1) is 0 Å². The Bertz CT molecular complexity index is 278. The van der Waals surface area contributed by atoms with E-state index in [-0.39, 0.29) is 5.54 Å². The summed E-state index contributed by atoms with van der Waals surface area (Å²) in [7, 11) is 0. The van der Waals surface area contributed by atoms with E-state index in [1.165, 1.54) is 5.69 Å². The molecule has 1 aliphatic heterocycles. The number of hydrogen-bond acceptors (Lipinski definition) is 3. The molecule has 1 aliphatic rings. The molecule has 0 saturated carbocycles. The first-order chi connectivity index (χ1) is 6.68. The number of imidazole rings is 1. The summed E-state index contributed by atoms with van der Waals surface area (Å²) < 4.78 is 0. The average molecular weight is 194 g/mol. The lowest BCUT2D eigenvalue weighted by Gasteiger charge is -2.42. The Morgan fingerprint density at radius 3 is 3.07 bits per heavy atom. The van der Waals surface area contributed by atoms with Gasteiger partial charge in [0, 0.05) is 43.6 Å². The van der Waals surface area contributed by atoms with Crippen molar-refractivity contribution in [2.45, 2.75) is 25.9 Å². The van der Waals surface area contributed by atoms with E-state index in [1.54, 1.807) is 6.33 Å². The van der Waals surface area contributed by atoms with Crippen LogP contribution in [0.25, 0.3) is 0 Å².